The summed E-state index contributed by atoms with van der Waals surface area (Å²) in [6.07, 6.45) is 2.61. The van der Waals surface area contributed by atoms with E-state index in [1.54, 1.807) is 6.92 Å². The number of nitrogens with zero attached hydrogens (tertiary/aromatic N) is 1. The Hall–Kier alpha value is -2.74. The summed E-state index contributed by atoms with van der Waals surface area (Å²) >= 11 is 1.42. The number of ether oxygens (including phenoxy) is 1. The number of hydrogen-bond donors (Lipinski definition) is 1. The summed E-state index contributed by atoms with van der Waals surface area (Å²) in [5.41, 5.74) is 2.21. The van der Waals surface area contributed by atoms with Crippen molar-refractivity contribution in [1.82, 2.24) is 0 Å². The summed E-state index contributed by atoms with van der Waals surface area (Å²) in [6.45, 7) is 8.25. The van der Waals surface area contributed by atoms with Crippen LogP contribution in [0, 0.1) is 28.4 Å². The summed E-state index contributed by atoms with van der Waals surface area (Å²) in [5, 5.41) is 14.3. The van der Waals surface area contributed by atoms with Gasteiger partial charge in [0.25, 0.3) is 11.6 Å². The average Bonchev–Trinajstić information content (AvgIpc) is 3.03. The zero-order valence-corrected chi connectivity index (χ0v) is 18.6. The van der Waals surface area contributed by atoms with Gasteiger partial charge in [-0.05, 0) is 55.2 Å². The number of carbonyl (C=O) groups is 2. The van der Waals surface area contributed by atoms with E-state index in [0.717, 1.165) is 29.7 Å². The second kappa shape index (κ2) is 8.18. The highest BCUT2D eigenvalue weighted by atomic mass is 32.1. The molecule has 1 heterocycles. The number of thiophene rings is 1. The molecule has 1 amide bonds. The first kappa shape index (κ1) is 22.0. The second-order valence-electron chi connectivity index (χ2n) is 8.72. The van der Waals surface area contributed by atoms with Gasteiger partial charge >= 0.3 is 5.97 Å². The quantitative estimate of drug-likeness (QED) is 0.411. The first-order chi connectivity index (χ1) is 14.0. The SMILES string of the molecule is COC(=O)c1c(NC(=O)c2ccc([N+](=O)[O-])c(C)c2)sc2c1CCC(C(C)(C)C)C2. The highest BCUT2D eigenvalue weighted by molar-refractivity contribution is 7.17. The zero-order chi connectivity index (χ0) is 22.2. The third kappa shape index (κ3) is 4.23. The summed E-state index contributed by atoms with van der Waals surface area (Å²) in [5.74, 6) is -0.379. The Morgan fingerprint density at radius 2 is 2.00 bits per heavy atom. The number of benzene rings is 1. The molecule has 7 nitrogen and oxygen atoms in total. The van der Waals surface area contributed by atoms with Crippen molar-refractivity contribution in [2.24, 2.45) is 11.3 Å². The molecule has 0 spiro atoms. The Kier molecular flexibility index (Phi) is 5.99. The van der Waals surface area contributed by atoms with Gasteiger partial charge in [-0.2, -0.15) is 0 Å². The van der Waals surface area contributed by atoms with Crippen LogP contribution in [0.4, 0.5) is 10.7 Å². The molecular formula is C22H26N2O5S. The first-order valence-electron chi connectivity index (χ1n) is 9.82. The van der Waals surface area contributed by atoms with Crippen LogP contribution in [0.1, 0.15) is 63.9 Å². The Labute approximate surface area is 179 Å². The number of amides is 1. The molecule has 1 aromatic carbocycles. The average molecular weight is 431 g/mol. The molecule has 0 radical (unpaired) electrons. The van der Waals surface area contributed by atoms with E-state index < -0.39 is 16.8 Å². The fourth-order valence-corrected chi connectivity index (χ4v) is 5.22. The number of aryl methyl sites for hydroxylation is 1. The number of carbonyl (C=O) groups excluding carboxylic acids is 2. The van der Waals surface area contributed by atoms with Gasteiger partial charge < -0.3 is 10.1 Å². The molecule has 2 aromatic rings. The molecule has 1 aliphatic carbocycles. The first-order valence-corrected chi connectivity index (χ1v) is 10.6. The van der Waals surface area contributed by atoms with Crippen molar-refractivity contribution in [3.63, 3.8) is 0 Å². The van der Waals surface area contributed by atoms with Crippen LogP contribution in [0.15, 0.2) is 18.2 Å². The minimum Gasteiger partial charge on any atom is -0.465 e. The van der Waals surface area contributed by atoms with Gasteiger partial charge in [-0.25, -0.2) is 4.79 Å². The van der Waals surface area contributed by atoms with Gasteiger partial charge in [0.2, 0.25) is 0 Å². The van der Waals surface area contributed by atoms with Crippen LogP contribution in [0.2, 0.25) is 0 Å². The van der Waals surface area contributed by atoms with Crippen LogP contribution in [0.25, 0.3) is 0 Å². The lowest BCUT2D eigenvalue weighted by Gasteiger charge is -2.33. The van der Waals surface area contributed by atoms with E-state index in [1.807, 2.05) is 0 Å². The lowest BCUT2D eigenvalue weighted by atomic mass is 9.72. The van der Waals surface area contributed by atoms with Crippen molar-refractivity contribution in [3.05, 3.63) is 55.4 Å². The molecular weight excluding hydrogens is 404 g/mol. The van der Waals surface area contributed by atoms with Crippen molar-refractivity contribution in [2.75, 3.05) is 12.4 Å². The maximum Gasteiger partial charge on any atom is 0.341 e. The van der Waals surface area contributed by atoms with Gasteiger partial charge in [0.15, 0.2) is 0 Å². The lowest BCUT2D eigenvalue weighted by molar-refractivity contribution is -0.385. The minimum absolute atomic E-state index is 0.0402. The molecule has 0 bridgehead atoms. The van der Waals surface area contributed by atoms with E-state index in [-0.39, 0.29) is 11.1 Å². The van der Waals surface area contributed by atoms with Crippen molar-refractivity contribution < 1.29 is 19.2 Å². The molecule has 0 aliphatic heterocycles. The van der Waals surface area contributed by atoms with Crippen molar-refractivity contribution in [1.29, 1.82) is 0 Å². The van der Waals surface area contributed by atoms with Gasteiger partial charge in [0.1, 0.15) is 5.00 Å². The fraction of sp³-hybridized carbons (Fsp3) is 0.455. The molecule has 1 N–H and O–H groups in total. The van der Waals surface area contributed by atoms with Gasteiger partial charge in [-0.1, -0.05) is 20.8 Å². The Morgan fingerprint density at radius 3 is 2.57 bits per heavy atom. The van der Waals surface area contributed by atoms with E-state index in [1.165, 1.54) is 36.6 Å². The number of nitrogens with one attached hydrogen (secondary N) is 1. The van der Waals surface area contributed by atoms with Gasteiger partial charge in [-0.3, -0.25) is 14.9 Å². The number of rotatable bonds is 4. The smallest absolute Gasteiger partial charge is 0.341 e. The molecule has 0 fully saturated rings. The standard InChI is InChI=1S/C22H26N2O5S/c1-12-10-13(6-9-16(12)24(27)28)19(25)23-20-18(21(26)29-5)15-8-7-14(22(2,3)4)11-17(15)30-20/h6,9-10,14H,7-8,11H2,1-5H3,(H,23,25). The molecule has 3 rings (SSSR count). The molecule has 1 unspecified atom stereocenters. The predicted molar refractivity (Wildman–Crippen MR) is 116 cm³/mol. The highest BCUT2D eigenvalue weighted by Crippen LogP contribution is 2.44. The lowest BCUT2D eigenvalue weighted by Crippen LogP contribution is -2.26. The van der Waals surface area contributed by atoms with Crippen molar-refractivity contribution >= 4 is 33.9 Å². The number of methoxy groups -OCH3 is 1. The highest BCUT2D eigenvalue weighted by Gasteiger charge is 2.34. The molecule has 1 atom stereocenters. The Morgan fingerprint density at radius 1 is 1.30 bits per heavy atom. The van der Waals surface area contributed by atoms with Crippen LogP contribution >= 0.6 is 11.3 Å². The summed E-state index contributed by atoms with van der Waals surface area (Å²) in [6, 6.07) is 4.22. The van der Waals surface area contributed by atoms with E-state index >= 15 is 0 Å². The van der Waals surface area contributed by atoms with Crippen LogP contribution in [0.5, 0.6) is 0 Å². The summed E-state index contributed by atoms with van der Waals surface area (Å²) < 4.78 is 4.99. The number of nitro benzene ring substituents is 1. The third-order valence-electron chi connectivity index (χ3n) is 5.76. The van der Waals surface area contributed by atoms with E-state index in [0.29, 0.717) is 27.6 Å². The largest absolute Gasteiger partial charge is 0.465 e. The summed E-state index contributed by atoms with van der Waals surface area (Å²) in [7, 11) is 1.33. The van der Waals surface area contributed by atoms with Crippen LogP contribution in [0.3, 0.4) is 0 Å². The predicted octanol–water partition coefficient (Wildman–Crippen LogP) is 5.15. The van der Waals surface area contributed by atoms with Crippen molar-refractivity contribution in [2.45, 2.75) is 47.0 Å². The Balaban J connectivity index is 1.93. The molecule has 8 heteroatoms. The topological polar surface area (TPSA) is 98.5 Å². The number of anilines is 1. The van der Waals surface area contributed by atoms with Gasteiger partial charge in [0.05, 0.1) is 17.6 Å². The van der Waals surface area contributed by atoms with Crippen LogP contribution < -0.4 is 5.32 Å². The number of hydrogen-bond acceptors (Lipinski definition) is 6. The maximum atomic E-state index is 12.8. The maximum absolute atomic E-state index is 12.8. The molecule has 1 aliphatic rings. The second-order valence-corrected chi connectivity index (χ2v) is 9.82. The van der Waals surface area contributed by atoms with Gasteiger partial charge in [0, 0.05) is 22.1 Å². The molecule has 0 saturated heterocycles. The Bertz CT molecular complexity index is 1020. The normalized spacial score (nSPS) is 16.0. The van der Waals surface area contributed by atoms with Gasteiger partial charge in [-0.15, -0.1) is 11.3 Å². The minimum atomic E-state index is -0.481. The number of nitro groups is 1. The number of esters is 1. The number of fused-ring (bicyclic) bond motifs is 1. The van der Waals surface area contributed by atoms with Crippen molar-refractivity contribution in [3.8, 4) is 0 Å². The summed E-state index contributed by atoms with van der Waals surface area (Å²) in [4.78, 5) is 37.0. The third-order valence-corrected chi connectivity index (χ3v) is 6.93. The molecule has 30 heavy (non-hydrogen) atoms. The fourth-order valence-electron chi connectivity index (χ4n) is 3.91. The van der Waals surface area contributed by atoms with Crippen LogP contribution in [-0.2, 0) is 17.6 Å². The molecule has 160 valence electrons. The van der Waals surface area contributed by atoms with E-state index in [9.17, 15) is 19.7 Å². The van der Waals surface area contributed by atoms with E-state index in [4.69, 9.17) is 4.74 Å². The monoisotopic (exact) mass is 430 g/mol. The van der Waals surface area contributed by atoms with Crippen LogP contribution in [-0.4, -0.2) is 23.9 Å². The van der Waals surface area contributed by atoms with E-state index in [2.05, 4.69) is 26.1 Å². The zero-order valence-electron chi connectivity index (χ0n) is 17.8. The molecule has 1 aromatic heterocycles. The molecule has 0 saturated carbocycles.